The highest BCUT2D eigenvalue weighted by Crippen LogP contribution is 2.64. The maximum atomic E-state index is 5.77. The molecule has 0 aliphatic carbocycles. The summed E-state index contributed by atoms with van der Waals surface area (Å²) in [5.41, 5.74) is -0.870. The lowest BCUT2D eigenvalue weighted by molar-refractivity contribution is 0.414. The quantitative estimate of drug-likeness (QED) is 0.475. The second kappa shape index (κ2) is 9.00. The Morgan fingerprint density at radius 3 is 1.87 bits per heavy atom. The molecular weight excluding hydrogens is 367 g/mol. The fourth-order valence-corrected chi connectivity index (χ4v) is 9.58. The Kier molecular flexibility index (Phi) is 7.31. The van der Waals surface area contributed by atoms with Crippen LogP contribution in [-0.2, 0) is 22.1 Å². The number of hydrogen-bond acceptors (Lipinski definition) is 6. The first-order valence-electron chi connectivity index (χ1n) is 6.86. The molecule has 0 saturated heterocycles. The minimum Gasteiger partial charge on any atom is -0.497 e. The van der Waals surface area contributed by atoms with Crippen LogP contribution in [-0.4, -0.2) is 21.3 Å². The van der Waals surface area contributed by atoms with E-state index < -0.39 is 5.47 Å². The zero-order valence-corrected chi connectivity index (χ0v) is 16.6. The van der Waals surface area contributed by atoms with Crippen molar-refractivity contribution in [1.82, 2.24) is 0 Å². The van der Waals surface area contributed by atoms with Crippen LogP contribution in [0.3, 0.4) is 0 Å². The maximum absolute atomic E-state index is 5.77. The van der Waals surface area contributed by atoms with Gasteiger partial charge >= 0.3 is 0 Å². The largest absolute Gasteiger partial charge is 0.497 e. The van der Waals surface area contributed by atoms with E-state index in [4.69, 9.17) is 25.8 Å². The molecule has 0 aliphatic heterocycles. The van der Waals surface area contributed by atoms with Crippen LogP contribution < -0.4 is 14.8 Å². The highest BCUT2D eigenvalue weighted by molar-refractivity contribution is 9.04. The molecule has 124 valence electrons. The fourth-order valence-electron chi connectivity index (χ4n) is 1.83. The van der Waals surface area contributed by atoms with Crippen LogP contribution >= 0.6 is 26.7 Å². The average molecular weight is 387 g/mol. The van der Waals surface area contributed by atoms with Crippen LogP contribution in [0.4, 0.5) is 0 Å². The van der Waals surface area contributed by atoms with Crippen molar-refractivity contribution in [3.8, 4) is 11.5 Å². The molecule has 0 aromatic heterocycles. The summed E-state index contributed by atoms with van der Waals surface area (Å²) >= 11 is 5.77. The lowest BCUT2D eigenvalue weighted by Gasteiger charge is -2.19. The van der Waals surface area contributed by atoms with E-state index in [1.807, 2.05) is 36.4 Å². The molecule has 7 heteroatoms. The fraction of sp³-hybridized carbons (Fsp3) is 0.250. The van der Waals surface area contributed by atoms with Crippen molar-refractivity contribution >= 4 is 43.8 Å². The van der Waals surface area contributed by atoms with E-state index >= 15 is 0 Å². The van der Waals surface area contributed by atoms with Gasteiger partial charge in [-0.15, -0.1) is 0 Å². The highest BCUT2D eigenvalue weighted by atomic mass is 33.4. The van der Waals surface area contributed by atoms with Gasteiger partial charge in [0.1, 0.15) is 11.5 Å². The van der Waals surface area contributed by atoms with Gasteiger partial charge in [-0.05, 0) is 64.2 Å². The summed E-state index contributed by atoms with van der Waals surface area (Å²) in [6.07, 6.45) is 0. The van der Waals surface area contributed by atoms with Gasteiger partial charge in [-0.25, -0.2) is 0 Å². The Morgan fingerprint density at radius 2 is 1.39 bits per heavy atom. The summed E-state index contributed by atoms with van der Waals surface area (Å²) in [7, 11) is 8.37. The molecule has 0 saturated carbocycles. The second-order valence-corrected chi connectivity index (χ2v) is 13.4. The number of ether oxygens (including phenoxy) is 2. The molecule has 1 unspecified atom stereocenters. The van der Waals surface area contributed by atoms with E-state index in [0.29, 0.717) is 0 Å². The normalized spacial score (nSPS) is 13.3. The molecule has 0 amide bonds. The minimum atomic E-state index is -2.10. The number of hydrogen-bond donors (Lipinski definition) is 0. The van der Waals surface area contributed by atoms with Crippen LogP contribution in [0.2, 0.25) is 0 Å². The van der Waals surface area contributed by atoms with Gasteiger partial charge in [0, 0.05) is 18.2 Å². The van der Waals surface area contributed by atoms with Gasteiger partial charge in [0.15, 0.2) is 5.47 Å². The molecular formula is C16H19O3PS3. The van der Waals surface area contributed by atoms with Crippen molar-refractivity contribution < 1.29 is 14.0 Å². The highest BCUT2D eigenvalue weighted by Gasteiger charge is 2.20. The molecule has 0 fully saturated rings. The van der Waals surface area contributed by atoms with Crippen molar-refractivity contribution in [3.05, 3.63) is 54.1 Å². The summed E-state index contributed by atoms with van der Waals surface area (Å²) in [4.78, 5) is 0. The van der Waals surface area contributed by atoms with E-state index in [1.165, 1.54) is 5.56 Å². The van der Waals surface area contributed by atoms with E-state index in [1.54, 1.807) is 42.5 Å². The molecule has 2 aromatic carbocycles. The minimum absolute atomic E-state index is 0.822. The number of rotatable bonds is 8. The Balaban J connectivity index is 1.98. The topological polar surface area (TPSA) is 27.7 Å². The Bertz CT molecular complexity index is 659. The van der Waals surface area contributed by atoms with Crippen LogP contribution in [0.5, 0.6) is 11.5 Å². The maximum Gasteiger partial charge on any atom is 0.158 e. The zero-order chi connectivity index (χ0) is 16.7. The van der Waals surface area contributed by atoms with Crippen molar-refractivity contribution in [2.24, 2.45) is 0 Å². The molecule has 23 heavy (non-hydrogen) atoms. The van der Waals surface area contributed by atoms with Crippen LogP contribution in [0.15, 0.2) is 48.5 Å². The Hall–Kier alpha value is -0.650. The number of methoxy groups -OCH3 is 2. The summed E-state index contributed by atoms with van der Waals surface area (Å²) < 4.78 is 16.0. The van der Waals surface area contributed by atoms with Gasteiger partial charge in [0.2, 0.25) is 0 Å². The summed E-state index contributed by atoms with van der Waals surface area (Å²) in [5.74, 6) is 2.56. The first kappa shape index (κ1) is 18.7. The average Bonchev–Trinajstić information content (AvgIpc) is 2.62. The van der Waals surface area contributed by atoms with Crippen molar-refractivity contribution in [2.75, 3.05) is 21.3 Å². The monoisotopic (exact) mass is 386 g/mol. The van der Waals surface area contributed by atoms with E-state index in [-0.39, 0.29) is 0 Å². The molecule has 0 aliphatic rings. The first-order chi connectivity index (χ1) is 11.1. The Labute approximate surface area is 150 Å². The molecule has 0 bridgehead atoms. The number of benzene rings is 2. The third kappa shape index (κ3) is 5.16. The van der Waals surface area contributed by atoms with Gasteiger partial charge in [-0.1, -0.05) is 22.9 Å². The van der Waals surface area contributed by atoms with Crippen molar-refractivity contribution in [2.45, 2.75) is 5.75 Å². The molecule has 2 rings (SSSR count). The zero-order valence-electron chi connectivity index (χ0n) is 13.2. The van der Waals surface area contributed by atoms with Gasteiger partial charge in [0.25, 0.3) is 0 Å². The third-order valence-corrected chi connectivity index (χ3v) is 13.1. The van der Waals surface area contributed by atoms with Crippen molar-refractivity contribution in [1.29, 1.82) is 0 Å². The van der Waals surface area contributed by atoms with E-state index in [2.05, 4.69) is 12.1 Å². The summed E-state index contributed by atoms with van der Waals surface area (Å²) in [5, 5.41) is 1.04. The van der Waals surface area contributed by atoms with Gasteiger partial charge in [0.05, 0.1) is 14.2 Å². The van der Waals surface area contributed by atoms with E-state index in [9.17, 15) is 0 Å². The van der Waals surface area contributed by atoms with Crippen molar-refractivity contribution in [3.63, 3.8) is 0 Å². The van der Waals surface area contributed by atoms with Gasteiger partial charge in [-0.3, -0.25) is 0 Å². The lowest BCUT2D eigenvalue weighted by Crippen LogP contribution is -2.02. The molecule has 0 radical (unpaired) electrons. The summed E-state index contributed by atoms with van der Waals surface area (Å²) in [6.45, 7) is 0. The third-order valence-electron chi connectivity index (χ3n) is 3.16. The molecule has 0 spiro atoms. The van der Waals surface area contributed by atoms with Crippen LogP contribution in [0, 0.1) is 0 Å². The predicted molar refractivity (Wildman–Crippen MR) is 106 cm³/mol. The molecule has 2 aromatic rings. The van der Waals surface area contributed by atoms with Gasteiger partial charge in [-0.2, -0.15) is 0 Å². The standard InChI is InChI=1S/C16H19O3PS3/c1-17-14-6-4-13(5-7-14)12-22-23-20(21,19-3)16-10-8-15(18-2)9-11-16/h4-11H,12H2,1-3H3. The molecule has 0 heterocycles. The lowest BCUT2D eigenvalue weighted by atomic mass is 10.2. The Morgan fingerprint density at radius 1 is 0.870 bits per heavy atom. The molecule has 1 atom stereocenters. The molecule has 3 nitrogen and oxygen atoms in total. The SMILES string of the molecule is COc1ccc(CSSP(=S)(OC)c2ccc(OC)cc2)cc1. The van der Waals surface area contributed by atoms with Gasteiger partial charge < -0.3 is 14.0 Å². The van der Waals surface area contributed by atoms with Crippen LogP contribution in [0.1, 0.15) is 5.56 Å². The predicted octanol–water partition coefficient (Wildman–Crippen LogP) is 4.87. The summed E-state index contributed by atoms with van der Waals surface area (Å²) in [6, 6.07) is 15.9. The second-order valence-electron chi connectivity index (χ2n) is 4.56. The van der Waals surface area contributed by atoms with E-state index in [0.717, 1.165) is 22.6 Å². The van der Waals surface area contributed by atoms with Crippen LogP contribution in [0.25, 0.3) is 0 Å². The smallest absolute Gasteiger partial charge is 0.158 e. The first-order valence-corrected chi connectivity index (χ1v) is 12.5. The molecule has 0 N–H and O–H groups in total.